The van der Waals surface area contributed by atoms with Crippen LogP contribution in [0.25, 0.3) is 16.1 Å². The summed E-state index contributed by atoms with van der Waals surface area (Å²) >= 11 is 1.43. The lowest BCUT2D eigenvalue weighted by Crippen LogP contribution is -2.31. The van der Waals surface area contributed by atoms with Crippen LogP contribution in [0.2, 0.25) is 0 Å². The normalized spacial score (nSPS) is 16.8. The number of halogens is 1. The molecule has 1 unspecified atom stereocenters. The van der Waals surface area contributed by atoms with Gasteiger partial charge in [0.1, 0.15) is 5.82 Å². The van der Waals surface area contributed by atoms with Crippen LogP contribution in [0.15, 0.2) is 60.8 Å². The van der Waals surface area contributed by atoms with Gasteiger partial charge in [0.05, 0.1) is 10.9 Å². The van der Waals surface area contributed by atoms with E-state index in [1.807, 2.05) is 45.8 Å². The summed E-state index contributed by atoms with van der Waals surface area (Å²) in [7, 11) is 0. The maximum atomic E-state index is 13.2. The van der Waals surface area contributed by atoms with Gasteiger partial charge in [-0.05, 0) is 54.8 Å². The summed E-state index contributed by atoms with van der Waals surface area (Å²) in [6.07, 6.45) is 3.75. The highest BCUT2D eigenvalue weighted by atomic mass is 32.1. The van der Waals surface area contributed by atoms with E-state index in [4.69, 9.17) is 0 Å². The molecular weight excluding hydrogens is 375 g/mol. The summed E-state index contributed by atoms with van der Waals surface area (Å²) in [6, 6.07) is 15.8. The monoisotopic (exact) mass is 392 g/mol. The Hall–Kier alpha value is -3.06. The largest absolute Gasteiger partial charge is 0.328 e. The van der Waals surface area contributed by atoms with Crippen molar-refractivity contribution in [1.82, 2.24) is 19.5 Å². The number of carbonyl (C=O) groups is 1. The lowest BCUT2D eigenvalue weighted by molar-refractivity contribution is 0.0734. The fourth-order valence-electron chi connectivity index (χ4n) is 3.73. The second kappa shape index (κ2) is 6.83. The highest BCUT2D eigenvalue weighted by molar-refractivity contribution is 7.17. The fourth-order valence-corrected chi connectivity index (χ4v) is 4.70. The van der Waals surface area contributed by atoms with Gasteiger partial charge < -0.3 is 4.90 Å². The molecule has 1 aromatic carbocycles. The molecule has 0 saturated carbocycles. The number of amides is 1. The summed E-state index contributed by atoms with van der Waals surface area (Å²) in [5, 5.41) is 8.58. The quantitative estimate of drug-likeness (QED) is 0.513. The minimum atomic E-state index is -0.267. The van der Waals surface area contributed by atoms with Gasteiger partial charge in [0, 0.05) is 17.6 Å². The molecule has 140 valence electrons. The number of carbonyl (C=O) groups excluding carboxylic acids is 1. The first kappa shape index (κ1) is 17.1. The van der Waals surface area contributed by atoms with Gasteiger partial charge in [-0.2, -0.15) is 0 Å². The van der Waals surface area contributed by atoms with Crippen molar-refractivity contribution in [2.75, 3.05) is 6.54 Å². The van der Waals surface area contributed by atoms with E-state index >= 15 is 0 Å². The molecular formula is C21H17FN4OS. The molecule has 0 N–H and O–H groups in total. The summed E-state index contributed by atoms with van der Waals surface area (Å²) < 4.78 is 15.1. The molecule has 3 aromatic heterocycles. The first-order chi connectivity index (χ1) is 13.7. The number of rotatable bonds is 3. The molecule has 1 aliphatic heterocycles. The molecule has 5 nitrogen and oxygen atoms in total. The molecule has 1 fully saturated rings. The van der Waals surface area contributed by atoms with E-state index in [1.54, 1.807) is 12.1 Å². The molecule has 5 rings (SSSR count). The van der Waals surface area contributed by atoms with E-state index < -0.39 is 0 Å². The third-order valence-electron chi connectivity index (χ3n) is 5.10. The molecule has 4 heterocycles. The van der Waals surface area contributed by atoms with E-state index in [9.17, 15) is 9.18 Å². The van der Waals surface area contributed by atoms with Gasteiger partial charge in [0.25, 0.3) is 5.91 Å². The average molecular weight is 392 g/mol. The van der Waals surface area contributed by atoms with Gasteiger partial charge in [-0.25, -0.2) is 4.39 Å². The van der Waals surface area contributed by atoms with Crippen LogP contribution in [0.3, 0.4) is 0 Å². The first-order valence-corrected chi connectivity index (χ1v) is 9.99. The maximum Gasteiger partial charge on any atom is 0.264 e. The smallest absolute Gasteiger partial charge is 0.264 e. The van der Waals surface area contributed by atoms with Gasteiger partial charge in [0.15, 0.2) is 11.5 Å². The Morgan fingerprint density at radius 1 is 1.07 bits per heavy atom. The van der Waals surface area contributed by atoms with Crippen LogP contribution < -0.4 is 0 Å². The van der Waals surface area contributed by atoms with Crippen molar-refractivity contribution in [3.63, 3.8) is 0 Å². The number of hydrogen-bond acceptors (Lipinski definition) is 4. The second-order valence-corrected chi connectivity index (χ2v) is 7.90. The molecule has 1 saturated heterocycles. The number of benzene rings is 1. The van der Waals surface area contributed by atoms with Crippen molar-refractivity contribution in [3.05, 3.63) is 77.3 Å². The van der Waals surface area contributed by atoms with Crippen LogP contribution in [0, 0.1) is 5.82 Å². The maximum absolute atomic E-state index is 13.2. The van der Waals surface area contributed by atoms with Crippen molar-refractivity contribution < 1.29 is 9.18 Å². The molecule has 1 atom stereocenters. The van der Waals surface area contributed by atoms with Crippen molar-refractivity contribution in [1.29, 1.82) is 0 Å². The average Bonchev–Trinajstić information content (AvgIpc) is 3.46. The van der Waals surface area contributed by atoms with E-state index in [0.717, 1.165) is 34.8 Å². The molecule has 1 amide bonds. The van der Waals surface area contributed by atoms with Crippen LogP contribution in [0.4, 0.5) is 4.39 Å². The van der Waals surface area contributed by atoms with Crippen LogP contribution in [0.5, 0.6) is 0 Å². The summed E-state index contributed by atoms with van der Waals surface area (Å²) in [4.78, 5) is 16.7. The molecule has 7 heteroatoms. The Kier molecular flexibility index (Phi) is 4.16. The van der Waals surface area contributed by atoms with Crippen molar-refractivity contribution in [2.45, 2.75) is 18.9 Å². The minimum Gasteiger partial charge on any atom is -0.328 e. The Balaban J connectivity index is 1.44. The Morgan fingerprint density at radius 2 is 1.93 bits per heavy atom. The van der Waals surface area contributed by atoms with Gasteiger partial charge in [-0.3, -0.25) is 9.20 Å². The number of likely N-dealkylation sites (tertiary alicyclic amines) is 1. The van der Waals surface area contributed by atoms with E-state index in [0.29, 0.717) is 11.4 Å². The summed E-state index contributed by atoms with van der Waals surface area (Å²) in [5.74, 6) is 0.544. The Bertz CT molecular complexity index is 1150. The highest BCUT2D eigenvalue weighted by Gasteiger charge is 2.34. The third-order valence-corrected chi connectivity index (χ3v) is 6.22. The number of pyridine rings is 1. The predicted molar refractivity (Wildman–Crippen MR) is 106 cm³/mol. The number of fused-ring (bicyclic) bond motifs is 1. The van der Waals surface area contributed by atoms with Crippen molar-refractivity contribution >= 4 is 22.9 Å². The molecule has 28 heavy (non-hydrogen) atoms. The molecule has 0 bridgehead atoms. The Morgan fingerprint density at radius 3 is 2.79 bits per heavy atom. The molecule has 0 aliphatic carbocycles. The van der Waals surface area contributed by atoms with E-state index in [-0.39, 0.29) is 17.8 Å². The van der Waals surface area contributed by atoms with Gasteiger partial charge in [-0.1, -0.05) is 18.2 Å². The topological polar surface area (TPSA) is 50.5 Å². The van der Waals surface area contributed by atoms with Crippen LogP contribution in [-0.2, 0) is 0 Å². The predicted octanol–water partition coefficient (Wildman–Crippen LogP) is 4.57. The van der Waals surface area contributed by atoms with Gasteiger partial charge in [0.2, 0.25) is 0 Å². The van der Waals surface area contributed by atoms with E-state index in [1.165, 1.54) is 23.5 Å². The molecule has 0 radical (unpaired) electrons. The van der Waals surface area contributed by atoms with Crippen LogP contribution in [-0.4, -0.2) is 31.9 Å². The van der Waals surface area contributed by atoms with Crippen LogP contribution in [0.1, 0.15) is 34.4 Å². The molecule has 0 spiro atoms. The lowest BCUT2D eigenvalue weighted by atomic mass is 10.2. The zero-order valence-electron chi connectivity index (χ0n) is 15.0. The number of hydrogen-bond donors (Lipinski definition) is 0. The zero-order valence-corrected chi connectivity index (χ0v) is 15.8. The molecule has 1 aliphatic rings. The number of nitrogens with zero attached hydrogens (tertiary/aromatic N) is 4. The Labute approximate surface area is 165 Å². The van der Waals surface area contributed by atoms with Gasteiger partial charge >= 0.3 is 0 Å². The number of thiophene rings is 1. The zero-order chi connectivity index (χ0) is 19.1. The van der Waals surface area contributed by atoms with E-state index in [2.05, 4.69) is 10.2 Å². The summed E-state index contributed by atoms with van der Waals surface area (Å²) in [5.41, 5.74) is 1.69. The highest BCUT2D eigenvalue weighted by Crippen LogP contribution is 2.35. The lowest BCUT2D eigenvalue weighted by Gasteiger charge is -2.22. The van der Waals surface area contributed by atoms with Crippen LogP contribution >= 0.6 is 11.3 Å². The van der Waals surface area contributed by atoms with Crippen molar-refractivity contribution in [2.24, 2.45) is 0 Å². The standard InChI is InChI=1S/C21H17FN4OS/c22-15-8-6-14(7-9-15)17-10-11-18(28-17)21(27)25-13-3-4-16(25)20-24-23-19-5-1-2-12-26(19)20/h1-2,5-12,16H,3-4,13H2. The fraction of sp³-hybridized carbons (Fsp3) is 0.190. The summed E-state index contributed by atoms with van der Waals surface area (Å²) in [6.45, 7) is 0.703. The second-order valence-electron chi connectivity index (χ2n) is 6.81. The molecule has 4 aromatic rings. The van der Waals surface area contributed by atoms with Gasteiger partial charge in [-0.15, -0.1) is 21.5 Å². The SMILES string of the molecule is O=C(c1ccc(-c2ccc(F)cc2)s1)N1CCCC1c1nnc2ccccn12. The van der Waals surface area contributed by atoms with Crippen molar-refractivity contribution in [3.8, 4) is 10.4 Å². The minimum absolute atomic E-state index is 0.00791. The number of aromatic nitrogens is 3. The first-order valence-electron chi connectivity index (χ1n) is 9.17. The third kappa shape index (κ3) is 2.88.